The highest BCUT2D eigenvalue weighted by Crippen LogP contribution is 2.25. The monoisotopic (exact) mass is 216 g/mol. The van der Waals surface area contributed by atoms with Gasteiger partial charge in [-0.15, -0.1) is 0 Å². The van der Waals surface area contributed by atoms with Crippen molar-refractivity contribution in [1.29, 1.82) is 0 Å². The maximum absolute atomic E-state index is 12.5. The van der Waals surface area contributed by atoms with Crippen LogP contribution in [0.1, 0.15) is 17.7 Å². The van der Waals surface area contributed by atoms with Crippen molar-refractivity contribution in [3.63, 3.8) is 0 Å². The van der Waals surface area contributed by atoms with E-state index in [1.807, 2.05) is 0 Å². The fourth-order valence-corrected chi connectivity index (χ4v) is 1.12. The quantitative estimate of drug-likeness (QED) is 0.774. The van der Waals surface area contributed by atoms with Gasteiger partial charge in [-0.25, -0.2) is 8.78 Å². The van der Waals surface area contributed by atoms with Crippen molar-refractivity contribution in [2.24, 2.45) is 0 Å². The molecule has 1 aromatic rings. The molecule has 0 aliphatic carbocycles. The summed E-state index contributed by atoms with van der Waals surface area (Å²) in [5.74, 6) is -0.628. The van der Waals surface area contributed by atoms with Crippen molar-refractivity contribution in [3.8, 4) is 0 Å². The summed E-state index contributed by atoms with van der Waals surface area (Å²) in [4.78, 5) is 14.4. The number of nitrogen functional groups attached to an aromatic ring is 1. The summed E-state index contributed by atoms with van der Waals surface area (Å²) in [6.45, 7) is 0. The first kappa shape index (κ1) is 11.4. The Labute approximate surface area is 85.1 Å². The maximum atomic E-state index is 12.5. The standard InChI is InChI=1S/C9H10F2N2O2/c1-15-7(14)4-5-6(12)2-3-13-8(5)9(10)11/h2-3,9H,4H2,1H3,(H2,12,13). The molecule has 4 nitrogen and oxygen atoms in total. The van der Waals surface area contributed by atoms with E-state index in [9.17, 15) is 13.6 Å². The summed E-state index contributed by atoms with van der Waals surface area (Å²) >= 11 is 0. The molecule has 15 heavy (non-hydrogen) atoms. The Morgan fingerprint density at radius 1 is 1.67 bits per heavy atom. The highest BCUT2D eigenvalue weighted by molar-refractivity contribution is 5.75. The van der Waals surface area contributed by atoms with Crippen molar-refractivity contribution in [1.82, 2.24) is 4.98 Å². The molecule has 0 unspecified atom stereocenters. The first-order valence-corrected chi connectivity index (χ1v) is 4.14. The largest absolute Gasteiger partial charge is 0.469 e. The average molecular weight is 216 g/mol. The summed E-state index contributed by atoms with van der Waals surface area (Å²) < 4.78 is 29.4. The molecule has 0 atom stereocenters. The molecular weight excluding hydrogens is 206 g/mol. The number of aromatic nitrogens is 1. The van der Waals surface area contributed by atoms with Gasteiger partial charge in [0, 0.05) is 17.4 Å². The number of carbonyl (C=O) groups excluding carboxylic acids is 1. The molecule has 0 aliphatic heterocycles. The number of methoxy groups -OCH3 is 1. The summed E-state index contributed by atoms with van der Waals surface area (Å²) in [5, 5.41) is 0. The van der Waals surface area contributed by atoms with Crippen LogP contribution >= 0.6 is 0 Å². The molecule has 0 saturated heterocycles. The zero-order chi connectivity index (χ0) is 11.4. The fourth-order valence-electron chi connectivity index (χ4n) is 1.12. The van der Waals surface area contributed by atoms with Gasteiger partial charge in [0.25, 0.3) is 6.43 Å². The average Bonchev–Trinajstić information content (AvgIpc) is 2.20. The van der Waals surface area contributed by atoms with E-state index in [4.69, 9.17) is 5.73 Å². The highest BCUT2D eigenvalue weighted by atomic mass is 19.3. The Balaban J connectivity index is 3.07. The number of halogens is 2. The highest BCUT2D eigenvalue weighted by Gasteiger charge is 2.19. The molecular formula is C9H10F2N2O2. The Hall–Kier alpha value is -1.72. The summed E-state index contributed by atoms with van der Waals surface area (Å²) in [5.41, 5.74) is 5.15. The van der Waals surface area contributed by atoms with Crippen LogP contribution in [-0.4, -0.2) is 18.1 Å². The molecule has 1 aromatic heterocycles. The first-order chi connectivity index (χ1) is 7.06. The Morgan fingerprint density at radius 3 is 2.87 bits per heavy atom. The number of alkyl halides is 2. The van der Waals surface area contributed by atoms with Crippen molar-refractivity contribution >= 4 is 11.7 Å². The topological polar surface area (TPSA) is 65.2 Å². The van der Waals surface area contributed by atoms with Crippen LogP contribution in [0.4, 0.5) is 14.5 Å². The van der Waals surface area contributed by atoms with Gasteiger partial charge in [-0.3, -0.25) is 9.78 Å². The minimum absolute atomic E-state index is 0.0272. The number of nitrogens with two attached hydrogens (primary N) is 1. The van der Waals surface area contributed by atoms with Crippen LogP contribution in [-0.2, 0) is 16.0 Å². The molecule has 0 bridgehead atoms. The second-order valence-electron chi connectivity index (χ2n) is 2.82. The van der Waals surface area contributed by atoms with Crippen LogP contribution in [0, 0.1) is 0 Å². The molecule has 6 heteroatoms. The third-order valence-electron chi connectivity index (χ3n) is 1.88. The van der Waals surface area contributed by atoms with Crippen molar-refractivity contribution in [2.75, 3.05) is 12.8 Å². The van der Waals surface area contributed by atoms with Gasteiger partial charge in [0.15, 0.2) is 0 Å². The molecule has 1 heterocycles. The Morgan fingerprint density at radius 2 is 2.33 bits per heavy atom. The number of nitrogens with zero attached hydrogens (tertiary/aromatic N) is 1. The van der Waals surface area contributed by atoms with E-state index in [2.05, 4.69) is 9.72 Å². The lowest BCUT2D eigenvalue weighted by Crippen LogP contribution is -2.11. The van der Waals surface area contributed by atoms with E-state index in [1.54, 1.807) is 0 Å². The lowest BCUT2D eigenvalue weighted by molar-refractivity contribution is -0.139. The molecule has 0 spiro atoms. The molecule has 2 N–H and O–H groups in total. The van der Waals surface area contributed by atoms with Crippen molar-refractivity contribution in [3.05, 3.63) is 23.5 Å². The van der Waals surface area contributed by atoms with Crippen LogP contribution in [0.3, 0.4) is 0 Å². The lowest BCUT2D eigenvalue weighted by Gasteiger charge is -2.09. The SMILES string of the molecule is COC(=O)Cc1c(N)ccnc1C(F)F. The summed E-state index contributed by atoms with van der Waals surface area (Å²) in [7, 11) is 1.18. The van der Waals surface area contributed by atoms with Crippen LogP contribution < -0.4 is 5.73 Å². The number of esters is 1. The van der Waals surface area contributed by atoms with Crippen LogP contribution in [0.5, 0.6) is 0 Å². The lowest BCUT2D eigenvalue weighted by atomic mass is 10.1. The van der Waals surface area contributed by atoms with Gasteiger partial charge in [0.05, 0.1) is 13.5 Å². The summed E-state index contributed by atoms with van der Waals surface area (Å²) in [6, 6.07) is 1.37. The molecule has 0 saturated carbocycles. The number of ether oxygens (including phenoxy) is 1. The van der Waals surface area contributed by atoms with Gasteiger partial charge >= 0.3 is 5.97 Å². The normalized spacial score (nSPS) is 10.4. The number of hydrogen-bond acceptors (Lipinski definition) is 4. The molecule has 0 aliphatic rings. The van der Waals surface area contributed by atoms with Gasteiger partial charge in [0.2, 0.25) is 0 Å². The van der Waals surface area contributed by atoms with Gasteiger partial charge in [0.1, 0.15) is 5.69 Å². The molecule has 1 rings (SSSR count). The molecule has 0 fully saturated rings. The van der Waals surface area contributed by atoms with Gasteiger partial charge < -0.3 is 10.5 Å². The third-order valence-corrected chi connectivity index (χ3v) is 1.88. The number of pyridine rings is 1. The summed E-state index contributed by atoms with van der Waals surface area (Å²) in [6.07, 6.45) is -1.87. The molecule has 0 aromatic carbocycles. The zero-order valence-electron chi connectivity index (χ0n) is 8.04. The van der Waals surface area contributed by atoms with Gasteiger partial charge in [-0.2, -0.15) is 0 Å². The van der Waals surface area contributed by atoms with E-state index in [0.717, 1.165) is 0 Å². The van der Waals surface area contributed by atoms with Crippen molar-refractivity contribution in [2.45, 2.75) is 12.8 Å². The smallest absolute Gasteiger partial charge is 0.310 e. The second kappa shape index (κ2) is 4.68. The van der Waals surface area contributed by atoms with Crippen LogP contribution in [0.2, 0.25) is 0 Å². The van der Waals surface area contributed by atoms with Crippen LogP contribution in [0.25, 0.3) is 0 Å². The molecule has 0 amide bonds. The predicted octanol–water partition coefficient (Wildman–Crippen LogP) is 1.32. The first-order valence-electron chi connectivity index (χ1n) is 4.14. The van der Waals surface area contributed by atoms with E-state index in [-0.39, 0.29) is 17.7 Å². The van der Waals surface area contributed by atoms with Gasteiger partial charge in [-0.05, 0) is 6.07 Å². The van der Waals surface area contributed by atoms with E-state index in [1.165, 1.54) is 19.4 Å². The second-order valence-corrected chi connectivity index (χ2v) is 2.82. The van der Waals surface area contributed by atoms with E-state index in [0.29, 0.717) is 0 Å². The van der Waals surface area contributed by atoms with Gasteiger partial charge in [-0.1, -0.05) is 0 Å². The minimum atomic E-state index is -2.76. The zero-order valence-corrected chi connectivity index (χ0v) is 8.04. The Bertz CT molecular complexity index is 369. The number of hydrogen-bond donors (Lipinski definition) is 1. The predicted molar refractivity (Wildman–Crippen MR) is 49.3 cm³/mol. The van der Waals surface area contributed by atoms with Crippen LogP contribution in [0.15, 0.2) is 12.3 Å². The number of anilines is 1. The number of carbonyl (C=O) groups is 1. The van der Waals surface area contributed by atoms with E-state index < -0.39 is 18.1 Å². The minimum Gasteiger partial charge on any atom is -0.469 e. The molecule has 82 valence electrons. The fraction of sp³-hybridized carbons (Fsp3) is 0.333. The number of rotatable bonds is 3. The Kier molecular flexibility index (Phi) is 3.54. The van der Waals surface area contributed by atoms with Crippen molar-refractivity contribution < 1.29 is 18.3 Å². The molecule has 0 radical (unpaired) electrons. The third kappa shape index (κ3) is 2.61. The maximum Gasteiger partial charge on any atom is 0.310 e. The van der Waals surface area contributed by atoms with E-state index >= 15 is 0 Å².